The summed E-state index contributed by atoms with van der Waals surface area (Å²) in [6.07, 6.45) is 5.85. The van der Waals surface area contributed by atoms with Crippen LogP contribution in [0.2, 0.25) is 5.02 Å². The molecule has 1 aromatic carbocycles. The van der Waals surface area contributed by atoms with Gasteiger partial charge in [0.2, 0.25) is 0 Å². The van der Waals surface area contributed by atoms with Gasteiger partial charge >= 0.3 is 0 Å². The van der Waals surface area contributed by atoms with Crippen LogP contribution in [0.4, 0.5) is 0 Å². The van der Waals surface area contributed by atoms with Crippen molar-refractivity contribution >= 4 is 33.2 Å². The van der Waals surface area contributed by atoms with E-state index in [0.717, 1.165) is 24.8 Å². The Morgan fingerprint density at radius 1 is 1.39 bits per heavy atom. The molecular weight excluding hydrogens is 290 g/mol. The summed E-state index contributed by atoms with van der Waals surface area (Å²) in [7, 11) is -3.30. The maximum atomic E-state index is 11.8. The van der Waals surface area contributed by atoms with Gasteiger partial charge in [0, 0.05) is 16.7 Å². The molecule has 2 N–H and O–H groups in total. The van der Waals surface area contributed by atoms with Crippen LogP contribution < -0.4 is 5.73 Å². The summed E-state index contributed by atoms with van der Waals surface area (Å²) < 4.78 is 23.7. The third kappa shape index (κ3) is 2.41. The van der Waals surface area contributed by atoms with E-state index in [0.29, 0.717) is 9.92 Å². The lowest BCUT2D eigenvalue weighted by atomic mass is 9.73. The van der Waals surface area contributed by atoms with E-state index in [9.17, 15) is 8.42 Å². The predicted octanol–water partition coefficient (Wildman–Crippen LogP) is 2.80. The van der Waals surface area contributed by atoms with Crippen molar-refractivity contribution in [3.63, 3.8) is 0 Å². The molecule has 0 aromatic heterocycles. The second-order valence-corrected chi connectivity index (χ2v) is 7.98. The number of hydrogen-bond acceptors (Lipinski definition) is 4. The Balaban J connectivity index is 2.64. The molecule has 18 heavy (non-hydrogen) atoms. The molecule has 6 heteroatoms. The zero-order valence-corrected chi connectivity index (χ0v) is 12.8. The van der Waals surface area contributed by atoms with E-state index in [4.69, 9.17) is 17.3 Å². The van der Waals surface area contributed by atoms with Crippen LogP contribution in [0, 0.1) is 0 Å². The van der Waals surface area contributed by atoms with Gasteiger partial charge in [0.05, 0.1) is 9.92 Å². The molecule has 1 aromatic rings. The topological polar surface area (TPSA) is 60.2 Å². The van der Waals surface area contributed by atoms with Gasteiger partial charge in [-0.3, -0.25) is 0 Å². The summed E-state index contributed by atoms with van der Waals surface area (Å²) in [6, 6.07) is 3.49. The highest BCUT2D eigenvalue weighted by Gasteiger charge is 2.35. The highest BCUT2D eigenvalue weighted by molar-refractivity contribution is 7.99. The average Bonchev–Trinajstić information content (AvgIpc) is 2.23. The number of nitrogens with two attached hydrogens (primary N) is 1. The van der Waals surface area contributed by atoms with Gasteiger partial charge in [-0.1, -0.05) is 11.6 Å². The highest BCUT2D eigenvalue weighted by atomic mass is 35.5. The zero-order chi connectivity index (χ0) is 13.6. The van der Waals surface area contributed by atoms with Crippen LogP contribution in [0.25, 0.3) is 0 Å². The maximum Gasteiger partial charge on any atom is 0.176 e. The molecule has 1 saturated carbocycles. The lowest BCUT2D eigenvalue weighted by Crippen LogP contribution is -2.43. The summed E-state index contributed by atoms with van der Waals surface area (Å²) in [6.45, 7) is 0. The first-order valence-corrected chi connectivity index (χ1v) is 9.14. The highest BCUT2D eigenvalue weighted by Crippen LogP contribution is 2.43. The van der Waals surface area contributed by atoms with Gasteiger partial charge in [-0.25, -0.2) is 8.42 Å². The third-order valence-electron chi connectivity index (χ3n) is 3.43. The molecule has 2 rings (SSSR count). The second kappa shape index (κ2) is 4.71. The van der Waals surface area contributed by atoms with E-state index >= 15 is 0 Å². The summed E-state index contributed by atoms with van der Waals surface area (Å²) in [5.74, 6) is 0. The smallest absolute Gasteiger partial charge is 0.176 e. The van der Waals surface area contributed by atoms with Gasteiger partial charge in [0.1, 0.15) is 0 Å². The third-order valence-corrected chi connectivity index (χ3v) is 5.94. The van der Waals surface area contributed by atoms with Crippen LogP contribution in [0.5, 0.6) is 0 Å². The molecule has 1 aliphatic carbocycles. The molecule has 0 saturated heterocycles. The fourth-order valence-corrected chi connectivity index (χ4v) is 4.69. The van der Waals surface area contributed by atoms with Crippen LogP contribution >= 0.6 is 23.4 Å². The van der Waals surface area contributed by atoms with Crippen LogP contribution in [0.3, 0.4) is 0 Å². The molecule has 0 unspecified atom stereocenters. The Kier molecular flexibility index (Phi) is 3.71. The molecule has 0 amide bonds. The van der Waals surface area contributed by atoms with Gasteiger partial charge in [-0.05, 0) is 43.2 Å². The SMILES string of the molecule is CSc1c(Cl)cc(C2(N)CCC2)cc1S(C)(=O)=O. The first-order chi connectivity index (χ1) is 8.28. The van der Waals surface area contributed by atoms with E-state index in [-0.39, 0.29) is 4.90 Å². The van der Waals surface area contributed by atoms with Crippen molar-refractivity contribution in [1.82, 2.24) is 0 Å². The number of rotatable bonds is 3. The van der Waals surface area contributed by atoms with Crippen molar-refractivity contribution in [3.05, 3.63) is 22.7 Å². The number of sulfone groups is 1. The van der Waals surface area contributed by atoms with Gasteiger partial charge in [0.25, 0.3) is 0 Å². The summed E-state index contributed by atoms with van der Waals surface area (Å²) >= 11 is 7.53. The molecule has 100 valence electrons. The Labute approximate surface area is 117 Å². The zero-order valence-electron chi connectivity index (χ0n) is 10.4. The van der Waals surface area contributed by atoms with Crippen molar-refractivity contribution < 1.29 is 8.42 Å². The van der Waals surface area contributed by atoms with E-state index < -0.39 is 15.4 Å². The lowest BCUT2D eigenvalue weighted by molar-refractivity contribution is 0.253. The van der Waals surface area contributed by atoms with Gasteiger partial charge in [-0.2, -0.15) is 0 Å². The summed E-state index contributed by atoms with van der Waals surface area (Å²) in [5, 5.41) is 0.470. The van der Waals surface area contributed by atoms with Crippen molar-refractivity contribution in [3.8, 4) is 0 Å². The van der Waals surface area contributed by atoms with E-state index in [1.54, 1.807) is 12.1 Å². The van der Waals surface area contributed by atoms with Gasteiger partial charge < -0.3 is 5.73 Å². The van der Waals surface area contributed by atoms with E-state index in [1.807, 2.05) is 6.26 Å². The molecule has 0 spiro atoms. The van der Waals surface area contributed by atoms with Crippen molar-refractivity contribution in [2.75, 3.05) is 12.5 Å². The first-order valence-electron chi connectivity index (χ1n) is 5.65. The van der Waals surface area contributed by atoms with Crippen LogP contribution in [0.15, 0.2) is 21.9 Å². The van der Waals surface area contributed by atoms with Crippen LogP contribution in [-0.2, 0) is 15.4 Å². The first kappa shape index (κ1) is 14.2. The monoisotopic (exact) mass is 305 g/mol. The van der Waals surface area contributed by atoms with E-state index in [2.05, 4.69) is 0 Å². The number of thioether (sulfide) groups is 1. The lowest BCUT2D eigenvalue weighted by Gasteiger charge is -2.39. The summed E-state index contributed by atoms with van der Waals surface area (Å²) in [4.78, 5) is 0.889. The predicted molar refractivity (Wildman–Crippen MR) is 76.1 cm³/mol. The Bertz CT molecular complexity index is 580. The fourth-order valence-electron chi connectivity index (χ4n) is 2.18. The second-order valence-electron chi connectivity index (χ2n) is 4.77. The molecule has 0 radical (unpaired) electrons. The largest absolute Gasteiger partial charge is 0.321 e. The Morgan fingerprint density at radius 3 is 2.39 bits per heavy atom. The van der Waals surface area contributed by atoms with Gasteiger partial charge in [0.15, 0.2) is 9.84 Å². The number of benzene rings is 1. The minimum atomic E-state index is -3.30. The molecule has 0 bridgehead atoms. The minimum Gasteiger partial charge on any atom is -0.321 e. The number of halogens is 1. The molecular formula is C12H16ClNO2S2. The van der Waals surface area contributed by atoms with Crippen molar-refractivity contribution in [1.29, 1.82) is 0 Å². The molecule has 3 nitrogen and oxygen atoms in total. The number of hydrogen-bond donors (Lipinski definition) is 1. The quantitative estimate of drug-likeness (QED) is 0.872. The van der Waals surface area contributed by atoms with E-state index in [1.165, 1.54) is 18.0 Å². The van der Waals surface area contributed by atoms with Gasteiger partial charge in [-0.15, -0.1) is 11.8 Å². The maximum absolute atomic E-state index is 11.8. The fraction of sp³-hybridized carbons (Fsp3) is 0.500. The standard InChI is InChI=1S/C12H16ClNO2S2/c1-17-11-9(13)6-8(12(14)4-3-5-12)7-10(11)18(2,15)16/h6-7H,3-5,14H2,1-2H3. The normalized spacial score (nSPS) is 18.4. The molecule has 0 heterocycles. The molecule has 0 atom stereocenters. The Hall–Kier alpha value is -0.230. The summed E-state index contributed by atoms with van der Waals surface area (Å²) in [5.41, 5.74) is 6.66. The van der Waals surface area contributed by atoms with Crippen molar-refractivity contribution in [2.24, 2.45) is 5.73 Å². The Morgan fingerprint density at radius 2 is 2.00 bits per heavy atom. The molecule has 0 aliphatic heterocycles. The van der Waals surface area contributed by atoms with Crippen molar-refractivity contribution in [2.45, 2.75) is 34.6 Å². The van der Waals surface area contributed by atoms with Crippen LogP contribution in [-0.4, -0.2) is 20.9 Å². The van der Waals surface area contributed by atoms with Crippen LogP contribution in [0.1, 0.15) is 24.8 Å². The molecule has 1 fully saturated rings. The average molecular weight is 306 g/mol. The molecule has 1 aliphatic rings. The minimum absolute atomic E-state index is 0.286.